The lowest BCUT2D eigenvalue weighted by Gasteiger charge is -2.38. The molecular weight excluding hydrogens is 290 g/mol. The first-order valence-electron chi connectivity index (χ1n) is 8.26. The number of carbonyl (C=O) groups is 2. The van der Waals surface area contributed by atoms with Crippen LogP contribution in [-0.2, 0) is 16.0 Å². The van der Waals surface area contributed by atoms with Gasteiger partial charge in [-0.25, -0.2) is 0 Å². The van der Waals surface area contributed by atoms with Crippen molar-refractivity contribution < 1.29 is 14.7 Å². The standard InChI is InChI=1S/C19H27NO3/c1-13(12-14-8-6-5-7-9-14)20-16(21)15-10-11-19(4,17(22)23)18(15,2)3/h5-9,13,15H,10-12H2,1-4H3,(H,20,21)(H,22,23)/t13-,15-,19+/m0/s1. The van der Waals surface area contributed by atoms with Gasteiger partial charge < -0.3 is 10.4 Å². The second-order valence-corrected chi connectivity index (χ2v) is 7.55. The second-order valence-electron chi connectivity index (χ2n) is 7.55. The van der Waals surface area contributed by atoms with Crippen LogP contribution in [0.2, 0.25) is 0 Å². The zero-order chi connectivity index (χ0) is 17.3. The number of carbonyl (C=O) groups excluding carboxylic acids is 1. The Labute approximate surface area is 138 Å². The molecular formula is C19H27NO3. The van der Waals surface area contributed by atoms with Crippen LogP contribution in [0.5, 0.6) is 0 Å². The number of carboxylic acids is 1. The quantitative estimate of drug-likeness (QED) is 0.876. The van der Waals surface area contributed by atoms with Crippen molar-refractivity contribution in [3.8, 4) is 0 Å². The van der Waals surface area contributed by atoms with Crippen LogP contribution >= 0.6 is 0 Å². The molecule has 0 aromatic heterocycles. The fourth-order valence-corrected chi connectivity index (χ4v) is 3.70. The average Bonchev–Trinajstić information content (AvgIpc) is 2.71. The Hall–Kier alpha value is -1.84. The highest BCUT2D eigenvalue weighted by Crippen LogP contribution is 2.56. The van der Waals surface area contributed by atoms with Gasteiger partial charge in [-0.2, -0.15) is 0 Å². The number of carboxylic acid groups (broad SMARTS) is 1. The molecule has 1 aromatic carbocycles. The molecule has 3 atom stereocenters. The average molecular weight is 317 g/mol. The number of rotatable bonds is 5. The Morgan fingerprint density at radius 2 is 1.87 bits per heavy atom. The first-order valence-corrected chi connectivity index (χ1v) is 8.26. The molecule has 0 saturated heterocycles. The van der Waals surface area contributed by atoms with E-state index in [1.807, 2.05) is 51.1 Å². The monoisotopic (exact) mass is 317 g/mol. The van der Waals surface area contributed by atoms with Crippen LogP contribution in [0.15, 0.2) is 30.3 Å². The highest BCUT2D eigenvalue weighted by Gasteiger charge is 2.58. The van der Waals surface area contributed by atoms with Crippen LogP contribution < -0.4 is 5.32 Å². The van der Waals surface area contributed by atoms with Crippen molar-refractivity contribution in [1.82, 2.24) is 5.32 Å². The van der Waals surface area contributed by atoms with E-state index >= 15 is 0 Å². The minimum atomic E-state index is -0.850. The lowest BCUT2D eigenvalue weighted by molar-refractivity contribution is -0.155. The summed E-state index contributed by atoms with van der Waals surface area (Å²) in [5, 5.41) is 12.6. The Balaban J connectivity index is 2.02. The molecule has 0 unspecified atom stereocenters. The second kappa shape index (κ2) is 6.34. The Kier molecular flexibility index (Phi) is 4.83. The summed E-state index contributed by atoms with van der Waals surface area (Å²) in [6.45, 7) is 7.56. The predicted molar refractivity (Wildman–Crippen MR) is 90.0 cm³/mol. The molecule has 1 aromatic rings. The normalized spacial score (nSPS) is 27.4. The molecule has 1 aliphatic rings. The number of aliphatic carboxylic acids is 1. The summed E-state index contributed by atoms with van der Waals surface area (Å²) in [5.41, 5.74) is -0.228. The van der Waals surface area contributed by atoms with E-state index in [9.17, 15) is 14.7 Å². The van der Waals surface area contributed by atoms with E-state index in [0.717, 1.165) is 6.42 Å². The maximum Gasteiger partial charge on any atom is 0.309 e. The lowest BCUT2D eigenvalue weighted by Crippen LogP contribution is -2.47. The van der Waals surface area contributed by atoms with Gasteiger partial charge in [0.15, 0.2) is 0 Å². The van der Waals surface area contributed by atoms with Crippen LogP contribution in [0.4, 0.5) is 0 Å². The molecule has 0 radical (unpaired) electrons. The number of hydrogen-bond acceptors (Lipinski definition) is 2. The fraction of sp³-hybridized carbons (Fsp3) is 0.579. The van der Waals surface area contributed by atoms with Crippen molar-refractivity contribution in [2.75, 3.05) is 0 Å². The third-order valence-electron chi connectivity index (χ3n) is 5.79. The minimum Gasteiger partial charge on any atom is -0.481 e. The Morgan fingerprint density at radius 1 is 1.26 bits per heavy atom. The van der Waals surface area contributed by atoms with Crippen LogP contribution in [0.25, 0.3) is 0 Å². The van der Waals surface area contributed by atoms with E-state index in [4.69, 9.17) is 0 Å². The topological polar surface area (TPSA) is 66.4 Å². The van der Waals surface area contributed by atoms with E-state index in [0.29, 0.717) is 12.8 Å². The molecule has 0 heterocycles. The summed E-state index contributed by atoms with van der Waals surface area (Å²) in [5.74, 6) is -1.10. The van der Waals surface area contributed by atoms with Crippen LogP contribution in [0.1, 0.15) is 46.1 Å². The van der Waals surface area contributed by atoms with Gasteiger partial charge in [0.1, 0.15) is 0 Å². The van der Waals surface area contributed by atoms with E-state index in [-0.39, 0.29) is 17.9 Å². The van der Waals surface area contributed by atoms with Crippen molar-refractivity contribution in [1.29, 1.82) is 0 Å². The van der Waals surface area contributed by atoms with E-state index in [2.05, 4.69) is 5.32 Å². The lowest BCUT2D eigenvalue weighted by atomic mass is 9.65. The first-order chi connectivity index (χ1) is 10.7. The number of hydrogen-bond donors (Lipinski definition) is 2. The number of nitrogens with one attached hydrogen (secondary N) is 1. The van der Waals surface area contributed by atoms with Crippen molar-refractivity contribution in [2.45, 2.75) is 53.0 Å². The van der Waals surface area contributed by atoms with Gasteiger partial charge in [-0.3, -0.25) is 9.59 Å². The van der Waals surface area contributed by atoms with E-state index in [1.54, 1.807) is 6.92 Å². The maximum atomic E-state index is 12.7. The van der Waals surface area contributed by atoms with Gasteiger partial charge in [0, 0.05) is 12.0 Å². The molecule has 0 aliphatic heterocycles. The van der Waals surface area contributed by atoms with Gasteiger partial charge in [-0.1, -0.05) is 44.2 Å². The molecule has 2 rings (SSSR count). The van der Waals surface area contributed by atoms with Gasteiger partial charge in [-0.15, -0.1) is 0 Å². The highest BCUT2D eigenvalue weighted by atomic mass is 16.4. The van der Waals surface area contributed by atoms with E-state index in [1.165, 1.54) is 5.56 Å². The summed E-state index contributed by atoms with van der Waals surface area (Å²) in [4.78, 5) is 24.3. The summed E-state index contributed by atoms with van der Waals surface area (Å²) in [7, 11) is 0. The van der Waals surface area contributed by atoms with Crippen molar-refractivity contribution in [3.05, 3.63) is 35.9 Å². The fourth-order valence-electron chi connectivity index (χ4n) is 3.70. The van der Waals surface area contributed by atoms with Gasteiger partial charge in [0.2, 0.25) is 5.91 Å². The van der Waals surface area contributed by atoms with Crippen LogP contribution in [0.3, 0.4) is 0 Å². The third-order valence-corrected chi connectivity index (χ3v) is 5.79. The zero-order valence-corrected chi connectivity index (χ0v) is 14.4. The van der Waals surface area contributed by atoms with Gasteiger partial charge >= 0.3 is 5.97 Å². The molecule has 1 amide bonds. The SMILES string of the molecule is C[C@@H](Cc1ccccc1)NC(=O)[C@@H]1CC[C@](C)(C(=O)O)C1(C)C. The molecule has 126 valence electrons. The summed E-state index contributed by atoms with van der Waals surface area (Å²) in [6.07, 6.45) is 1.94. The Morgan fingerprint density at radius 3 is 2.39 bits per heavy atom. The van der Waals surface area contributed by atoms with Crippen LogP contribution in [0, 0.1) is 16.7 Å². The van der Waals surface area contributed by atoms with Gasteiger partial charge in [0.25, 0.3) is 0 Å². The number of amides is 1. The Bertz CT molecular complexity index is 582. The molecule has 0 spiro atoms. The molecule has 1 saturated carbocycles. The van der Waals surface area contributed by atoms with Gasteiger partial charge in [-0.05, 0) is 44.1 Å². The summed E-state index contributed by atoms with van der Waals surface area (Å²) < 4.78 is 0. The predicted octanol–water partition coefficient (Wildman–Crippen LogP) is 3.26. The minimum absolute atomic E-state index is 0.0246. The largest absolute Gasteiger partial charge is 0.481 e. The molecule has 4 nitrogen and oxygen atoms in total. The molecule has 0 bridgehead atoms. The van der Waals surface area contributed by atoms with Crippen molar-refractivity contribution in [3.63, 3.8) is 0 Å². The van der Waals surface area contributed by atoms with Crippen molar-refractivity contribution in [2.24, 2.45) is 16.7 Å². The molecule has 1 fully saturated rings. The molecule has 4 heteroatoms. The van der Waals surface area contributed by atoms with Gasteiger partial charge in [0.05, 0.1) is 5.41 Å². The molecule has 23 heavy (non-hydrogen) atoms. The smallest absolute Gasteiger partial charge is 0.309 e. The third kappa shape index (κ3) is 3.26. The molecule has 2 N–H and O–H groups in total. The van der Waals surface area contributed by atoms with Crippen molar-refractivity contribution >= 4 is 11.9 Å². The first kappa shape index (κ1) is 17.5. The zero-order valence-electron chi connectivity index (χ0n) is 14.4. The summed E-state index contributed by atoms with van der Waals surface area (Å²) in [6, 6.07) is 10.1. The summed E-state index contributed by atoms with van der Waals surface area (Å²) >= 11 is 0. The van der Waals surface area contributed by atoms with Crippen LogP contribution in [-0.4, -0.2) is 23.0 Å². The molecule has 1 aliphatic carbocycles. The number of benzene rings is 1. The maximum absolute atomic E-state index is 12.7. The van der Waals surface area contributed by atoms with E-state index < -0.39 is 16.8 Å². The highest BCUT2D eigenvalue weighted by molar-refractivity contribution is 5.84.